The molecule has 148 valence electrons. The molecule has 1 N–H and O–H groups in total. The molecule has 4 heteroatoms. The summed E-state index contributed by atoms with van der Waals surface area (Å²) in [6, 6.07) is 19.7. The molecule has 0 saturated heterocycles. The monoisotopic (exact) mass is 378 g/mol. The fraction of sp³-hybridized carbons (Fsp3) is 0.417. The van der Waals surface area contributed by atoms with Crippen molar-refractivity contribution in [3.8, 4) is 0 Å². The minimum atomic E-state index is -0.482. The molecule has 0 radical (unpaired) electrons. The van der Waals surface area contributed by atoms with Gasteiger partial charge in [0.2, 0.25) is 11.8 Å². The molecule has 0 aliphatic heterocycles. The van der Waals surface area contributed by atoms with Crippen LogP contribution in [-0.4, -0.2) is 28.8 Å². The van der Waals surface area contributed by atoms with Crippen LogP contribution in [0.5, 0.6) is 0 Å². The highest BCUT2D eigenvalue weighted by atomic mass is 16.2. The summed E-state index contributed by atoms with van der Waals surface area (Å²) < 4.78 is 0. The minimum absolute atomic E-state index is 0.0155. The largest absolute Gasteiger partial charge is 0.352 e. The molecule has 1 aliphatic carbocycles. The fourth-order valence-electron chi connectivity index (χ4n) is 3.79. The van der Waals surface area contributed by atoms with Gasteiger partial charge in [0.25, 0.3) is 0 Å². The Morgan fingerprint density at radius 2 is 1.54 bits per heavy atom. The summed E-state index contributed by atoms with van der Waals surface area (Å²) in [5.41, 5.74) is 2.18. The molecule has 1 fully saturated rings. The van der Waals surface area contributed by atoms with Gasteiger partial charge in [-0.25, -0.2) is 0 Å². The van der Waals surface area contributed by atoms with Gasteiger partial charge >= 0.3 is 0 Å². The van der Waals surface area contributed by atoms with Crippen LogP contribution in [0.3, 0.4) is 0 Å². The summed E-state index contributed by atoms with van der Waals surface area (Å²) >= 11 is 0. The third-order valence-corrected chi connectivity index (χ3v) is 5.53. The van der Waals surface area contributed by atoms with Crippen LogP contribution in [0.2, 0.25) is 0 Å². The second-order valence-electron chi connectivity index (χ2n) is 7.66. The van der Waals surface area contributed by atoms with Crippen LogP contribution < -0.4 is 5.32 Å². The Kier molecular flexibility index (Phi) is 7.24. The molecule has 1 aliphatic rings. The van der Waals surface area contributed by atoms with E-state index >= 15 is 0 Å². The normalized spacial score (nSPS) is 15.2. The lowest BCUT2D eigenvalue weighted by Crippen LogP contribution is -2.49. The van der Waals surface area contributed by atoms with Crippen molar-refractivity contribution in [1.82, 2.24) is 10.2 Å². The second-order valence-corrected chi connectivity index (χ2v) is 7.66. The number of carbonyl (C=O) groups excluding carboxylic acids is 2. The average molecular weight is 379 g/mol. The number of aryl methyl sites for hydroxylation is 1. The standard InChI is InChI=1S/C24H30N2O2/c1-19(24(28)25-22-14-8-9-15-22)26(18-21-12-6-3-7-13-21)23(27)17-16-20-10-4-2-5-11-20/h2-7,10-13,19,22H,8-9,14-18H2,1H3,(H,25,28)/t19-/m0/s1. The number of amides is 2. The first kappa shape index (κ1) is 20.1. The lowest BCUT2D eigenvalue weighted by Gasteiger charge is -2.30. The van der Waals surface area contributed by atoms with Crippen LogP contribution in [0.4, 0.5) is 0 Å². The van der Waals surface area contributed by atoms with Gasteiger partial charge in [0, 0.05) is 19.0 Å². The predicted molar refractivity (Wildman–Crippen MR) is 112 cm³/mol. The zero-order valence-corrected chi connectivity index (χ0v) is 16.6. The minimum Gasteiger partial charge on any atom is -0.352 e. The van der Waals surface area contributed by atoms with E-state index in [-0.39, 0.29) is 17.9 Å². The molecule has 4 nitrogen and oxygen atoms in total. The maximum Gasteiger partial charge on any atom is 0.242 e. The second kappa shape index (κ2) is 10.1. The van der Waals surface area contributed by atoms with Crippen LogP contribution in [-0.2, 0) is 22.6 Å². The number of hydrogen-bond acceptors (Lipinski definition) is 2. The summed E-state index contributed by atoms with van der Waals surface area (Å²) in [4.78, 5) is 27.6. The summed E-state index contributed by atoms with van der Waals surface area (Å²) in [5, 5.41) is 3.14. The summed E-state index contributed by atoms with van der Waals surface area (Å²) in [5.74, 6) is -0.0299. The van der Waals surface area contributed by atoms with E-state index in [1.807, 2.05) is 67.6 Å². The van der Waals surface area contributed by atoms with E-state index in [1.165, 1.54) is 12.8 Å². The molecule has 1 saturated carbocycles. The molecule has 2 amide bonds. The highest BCUT2D eigenvalue weighted by Crippen LogP contribution is 2.19. The molecule has 2 aromatic rings. The Morgan fingerprint density at radius 3 is 2.14 bits per heavy atom. The Hall–Kier alpha value is -2.62. The first-order valence-corrected chi connectivity index (χ1v) is 10.3. The molecule has 1 atom stereocenters. The quantitative estimate of drug-likeness (QED) is 0.752. The van der Waals surface area contributed by atoms with Gasteiger partial charge in [0.15, 0.2) is 0 Å². The molecule has 28 heavy (non-hydrogen) atoms. The Balaban J connectivity index is 1.67. The SMILES string of the molecule is C[C@@H](C(=O)NC1CCCC1)N(Cc1ccccc1)C(=O)CCc1ccccc1. The molecule has 0 unspecified atom stereocenters. The van der Waals surface area contributed by atoms with Crippen molar-refractivity contribution in [3.63, 3.8) is 0 Å². The van der Waals surface area contributed by atoms with Crippen molar-refractivity contribution in [2.45, 2.75) is 64.1 Å². The molecular weight excluding hydrogens is 348 g/mol. The molecule has 3 rings (SSSR count). The van der Waals surface area contributed by atoms with Crippen LogP contribution in [0.1, 0.15) is 50.2 Å². The van der Waals surface area contributed by atoms with Crippen molar-refractivity contribution >= 4 is 11.8 Å². The van der Waals surface area contributed by atoms with E-state index in [2.05, 4.69) is 5.32 Å². The fourth-order valence-corrected chi connectivity index (χ4v) is 3.79. The first-order valence-electron chi connectivity index (χ1n) is 10.3. The average Bonchev–Trinajstić information content (AvgIpc) is 3.24. The van der Waals surface area contributed by atoms with Crippen molar-refractivity contribution in [3.05, 3.63) is 71.8 Å². The summed E-state index contributed by atoms with van der Waals surface area (Å²) in [7, 11) is 0. The van der Waals surface area contributed by atoms with E-state index in [9.17, 15) is 9.59 Å². The van der Waals surface area contributed by atoms with Crippen molar-refractivity contribution in [2.24, 2.45) is 0 Å². The Bertz CT molecular complexity index is 755. The zero-order valence-electron chi connectivity index (χ0n) is 16.6. The lowest BCUT2D eigenvalue weighted by molar-refractivity contribution is -0.140. The third kappa shape index (κ3) is 5.69. The number of benzene rings is 2. The number of nitrogens with zero attached hydrogens (tertiary/aromatic N) is 1. The van der Waals surface area contributed by atoms with E-state index in [0.29, 0.717) is 19.4 Å². The van der Waals surface area contributed by atoms with Gasteiger partial charge in [-0.05, 0) is 37.3 Å². The zero-order chi connectivity index (χ0) is 19.8. The van der Waals surface area contributed by atoms with Gasteiger partial charge in [-0.2, -0.15) is 0 Å². The van der Waals surface area contributed by atoms with Crippen LogP contribution >= 0.6 is 0 Å². The molecule has 0 bridgehead atoms. The maximum absolute atomic E-state index is 13.0. The lowest BCUT2D eigenvalue weighted by atomic mass is 10.1. The van der Waals surface area contributed by atoms with Crippen LogP contribution in [0, 0.1) is 0 Å². The highest BCUT2D eigenvalue weighted by molar-refractivity contribution is 5.87. The summed E-state index contributed by atoms with van der Waals surface area (Å²) in [6.07, 6.45) is 5.50. The van der Waals surface area contributed by atoms with Crippen LogP contribution in [0.15, 0.2) is 60.7 Å². The number of carbonyl (C=O) groups is 2. The van der Waals surface area contributed by atoms with E-state index in [1.54, 1.807) is 4.90 Å². The smallest absolute Gasteiger partial charge is 0.242 e. The van der Waals surface area contributed by atoms with Gasteiger partial charge in [-0.15, -0.1) is 0 Å². The van der Waals surface area contributed by atoms with Crippen molar-refractivity contribution in [2.75, 3.05) is 0 Å². The molecule has 0 heterocycles. The topological polar surface area (TPSA) is 49.4 Å². The predicted octanol–water partition coefficient (Wildman–Crippen LogP) is 4.10. The van der Waals surface area contributed by atoms with Gasteiger partial charge in [0.1, 0.15) is 6.04 Å². The molecular formula is C24H30N2O2. The number of nitrogens with one attached hydrogen (secondary N) is 1. The van der Waals surface area contributed by atoms with Gasteiger partial charge in [0.05, 0.1) is 0 Å². The Labute approximate surface area is 167 Å². The van der Waals surface area contributed by atoms with Crippen molar-refractivity contribution < 1.29 is 9.59 Å². The maximum atomic E-state index is 13.0. The number of hydrogen-bond donors (Lipinski definition) is 1. The van der Waals surface area contributed by atoms with Gasteiger partial charge in [-0.3, -0.25) is 9.59 Å². The molecule has 2 aromatic carbocycles. The molecule has 0 spiro atoms. The van der Waals surface area contributed by atoms with Crippen LogP contribution in [0.25, 0.3) is 0 Å². The van der Waals surface area contributed by atoms with Gasteiger partial charge in [-0.1, -0.05) is 73.5 Å². The highest BCUT2D eigenvalue weighted by Gasteiger charge is 2.28. The van der Waals surface area contributed by atoms with E-state index in [0.717, 1.165) is 24.0 Å². The van der Waals surface area contributed by atoms with Crippen molar-refractivity contribution in [1.29, 1.82) is 0 Å². The van der Waals surface area contributed by atoms with Gasteiger partial charge < -0.3 is 10.2 Å². The van der Waals surface area contributed by atoms with E-state index in [4.69, 9.17) is 0 Å². The summed E-state index contributed by atoms with van der Waals surface area (Å²) in [6.45, 7) is 2.29. The third-order valence-electron chi connectivity index (χ3n) is 5.53. The van der Waals surface area contributed by atoms with E-state index < -0.39 is 6.04 Å². The number of rotatable bonds is 8. The first-order chi connectivity index (χ1) is 13.6. The Morgan fingerprint density at radius 1 is 0.964 bits per heavy atom. The molecule has 0 aromatic heterocycles.